The normalized spacial score (nSPS) is 50.7. The zero-order chi connectivity index (χ0) is 6.43. The minimum Gasteiger partial charge on any atom is -0.328 e. The van der Waals surface area contributed by atoms with Crippen molar-refractivity contribution >= 4 is 0 Å². The molecule has 2 fully saturated rings. The van der Waals surface area contributed by atoms with E-state index >= 15 is 0 Å². The van der Waals surface area contributed by atoms with E-state index in [2.05, 4.69) is 6.92 Å². The molecular weight excluding hydrogens is 110 g/mol. The maximum absolute atomic E-state index is 5.81. The first kappa shape index (κ1) is 5.72. The molecular formula is C8H15N. The van der Waals surface area contributed by atoms with Crippen molar-refractivity contribution in [2.45, 2.75) is 32.2 Å². The first-order valence-corrected chi connectivity index (χ1v) is 4.04. The Bertz CT molecular complexity index is 120. The van der Waals surface area contributed by atoms with E-state index in [4.69, 9.17) is 5.73 Å². The summed E-state index contributed by atoms with van der Waals surface area (Å²) in [4.78, 5) is 0. The van der Waals surface area contributed by atoms with E-state index in [1.807, 2.05) is 0 Å². The molecule has 0 radical (unpaired) electrons. The highest BCUT2D eigenvalue weighted by atomic mass is 14.7. The molecule has 9 heavy (non-hydrogen) atoms. The van der Waals surface area contributed by atoms with Crippen LogP contribution < -0.4 is 5.73 Å². The lowest BCUT2D eigenvalue weighted by atomic mass is 9.97. The summed E-state index contributed by atoms with van der Waals surface area (Å²) < 4.78 is 0. The van der Waals surface area contributed by atoms with Gasteiger partial charge in [-0.3, -0.25) is 0 Å². The summed E-state index contributed by atoms with van der Waals surface area (Å²) in [5.74, 6) is 3.03. The molecule has 3 unspecified atom stereocenters. The molecule has 2 aliphatic rings. The third-order valence-corrected chi connectivity index (χ3v) is 3.07. The van der Waals surface area contributed by atoms with Gasteiger partial charge in [0.25, 0.3) is 0 Å². The first-order valence-electron chi connectivity index (χ1n) is 4.04. The topological polar surface area (TPSA) is 26.0 Å². The second-order valence-electron chi connectivity index (χ2n) is 3.76. The molecule has 2 N–H and O–H groups in total. The molecule has 1 heteroatoms. The van der Waals surface area contributed by atoms with Crippen LogP contribution in [0.5, 0.6) is 0 Å². The fourth-order valence-electron chi connectivity index (χ4n) is 2.40. The van der Waals surface area contributed by atoms with E-state index < -0.39 is 0 Å². The van der Waals surface area contributed by atoms with Crippen LogP contribution in [0.1, 0.15) is 26.2 Å². The summed E-state index contributed by atoms with van der Waals surface area (Å²) in [7, 11) is 0. The zero-order valence-corrected chi connectivity index (χ0v) is 6.01. The Labute approximate surface area is 56.6 Å². The van der Waals surface area contributed by atoms with Crippen LogP contribution in [0.15, 0.2) is 0 Å². The van der Waals surface area contributed by atoms with Gasteiger partial charge < -0.3 is 5.73 Å². The molecule has 2 saturated carbocycles. The van der Waals surface area contributed by atoms with Crippen LogP contribution in [0.3, 0.4) is 0 Å². The molecule has 0 aromatic heterocycles. The van der Waals surface area contributed by atoms with E-state index in [0.29, 0.717) is 6.04 Å². The number of fused-ring (bicyclic) bond motifs is 1. The number of rotatable bonds is 1. The fraction of sp³-hybridized carbons (Fsp3) is 1.00. The molecule has 0 heterocycles. The van der Waals surface area contributed by atoms with Crippen molar-refractivity contribution in [3.8, 4) is 0 Å². The van der Waals surface area contributed by atoms with Crippen molar-refractivity contribution in [3.05, 3.63) is 0 Å². The second kappa shape index (κ2) is 1.72. The fourth-order valence-corrected chi connectivity index (χ4v) is 2.40. The number of hydrogen-bond donors (Lipinski definition) is 1. The average molecular weight is 125 g/mol. The lowest BCUT2D eigenvalue weighted by Crippen LogP contribution is -2.26. The van der Waals surface area contributed by atoms with Crippen LogP contribution >= 0.6 is 0 Å². The van der Waals surface area contributed by atoms with E-state index in [1.54, 1.807) is 0 Å². The van der Waals surface area contributed by atoms with Crippen LogP contribution in [-0.2, 0) is 0 Å². The predicted molar refractivity (Wildman–Crippen MR) is 38.0 cm³/mol. The largest absolute Gasteiger partial charge is 0.328 e. The summed E-state index contributed by atoms with van der Waals surface area (Å²) >= 11 is 0. The third kappa shape index (κ3) is 0.787. The lowest BCUT2D eigenvalue weighted by Gasteiger charge is -2.14. The lowest BCUT2D eigenvalue weighted by molar-refractivity contribution is 0.407. The van der Waals surface area contributed by atoms with Crippen molar-refractivity contribution in [2.24, 2.45) is 23.5 Å². The standard InChI is InChI=1S/C8H15N/c1-5(9)7-3-2-6-4-8(6)7/h5-8H,2-4,9H2,1H3/t5-,6?,7?,8?/m1/s1. The zero-order valence-electron chi connectivity index (χ0n) is 6.01. The molecule has 0 aromatic carbocycles. The van der Waals surface area contributed by atoms with Crippen molar-refractivity contribution in [1.82, 2.24) is 0 Å². The molecule has 0 aliphatic heterocycles. The van der Waals surface area contributed by atoms with Gasteiger partial charge in [0.05, 0.1) is 0 Å². The van der Waals surface area contributed by atoms with Crippen molar-refractivity contribution < 1.29 is 0 Å². The van der Waals surface area contributed by atoms with Gasteiger partial charge in [-0.25, -0.2) is 0 Å². The highest BCUT2D eigenvalue weighted by Crippen LogP contribution is 2.55. The van der Waals surface area contributed by atoms with Crippen molar-refractivity contribution in [2.75, 3.05) is 0 Å². The van der Waals surface area contributed by atoms with Gasteiger partial charge in [-0.1, -0.05) is 0 Å². The Morgan fingerprint density at radius 2 is 2.22 bits per heavy atom. The minimum absolute atomic E-state index is 0.461. The Balaban J connectivity index is 1.98. The van der Waals surface area contributed by atoms with Gasteiger partial charge in [0.15, 0.2) is 0 Å². The summed E-state index contributed by atoms with van der Waals surface area (Å²) in [6, 6.07) is 0.461. The Morgan fingerprint density at radius 3 is 2.44 bits per heavy atom. The molecule has 0 saturated heterocycles. The molecule has 0 aromatic rings. The molecule has 2 aliphatic carbocycles. The molecule has 52 valence electrons. The van der Waals surface area contributed by atoms with Crippen LogP contribution in [0, 0.1) is 17.8 Å². The SMILES string of the molecule is C[C@@H](N)C1CCC2CC21. The predicted octanol–water partition coefficient (Wildman–Crippen LogP) is 1.38. The van der Waals surface area contributed by atoms with E-state index in [-0.39, 0.29) is 0 Å². The van der Waals surface area contributed by atoms with Crippen molar-refractivity contribution in [3.63, 3.8) is 0 Å². The first-order chi connectivity index (χ1) is 4.29. The van der Waals surface area contributed by atoms with Gasteiger partial charge >= 0.3 is 0 Å². The molecule has 0 amide bonds. The minimum atomic E-state index is 0.461. The van der Waals surface area contributed by atoms with E-state index in [0.717, 1.165) is 17.8 Å². The summed E-state index contributed by atoms with van der Waals surface area (Å²) in [6.45, 7) is 2.16. The van der Waals surface area contributed by atoms with Gasteiger partial charge in [-0.05, 0) is 43.9 Å². The second-order valence-corrected chi connectivity index (χ2v) is 3.76. The van der Waals surface area contributed by atoms with Gasteiger partial charge in [0, 0.05) is 6.04 Å². The molecule has 1 nitrogen and oxygen atoms in total. The average Bonchev–Trinajstić information content (AvgIpc) is 2.43. The quantitative estimate of drug-likeness (QED) is 0.563. The Hall–Kier alpha value is -0.0400. The number of nitrogens with two attached hydrogens (primary N) is 1. The van der Waals surface area contributed by atoms with Gasteiger partial charge in [0.1, 0.15) is 0 Å². The highest BCUT2D eigenvalue weighted by Gasteiger charge is 2.48. The Kier molecular flexibility index (Phi) is 1.10. The van der Waals surface area contributed by atoms with Crippen LogP contribution in [0.4, 0.5) is 0 Å². The maximum atomic E-state index is 5.81. The van der Waals surface area contributed by atoms with Crippen LogP contribution in [-0.4, -0.2) is 6.04 Å². The van der Waals surface area contributed by atoms with Gasteiger partial charge in [-0.15, -0.1) is 0 Å². The van der Waals surface area contributed by atoms with Gasteiger partial charge in [-0.2, -0.15) is 0 Å². The molecule has 0 bridgehead atoms. The summed E-state index contributed by atoms with van der Waals surface area (Å²) in [5, 5.41) is 0. The highest BCUT2D eigenvalue weighted by molar-refractivity contribution is 4.99. The Morgan fingerprint density at radius 1 is 1.44 bits per heavy atom. The molecule has 4 atom stereocenters. The van der Waals surface area contributed by atoms with Crippen molar-refractivity contribution in [1.29, 1.82) is 0 Å². The number of hydrogen-bond acceptors (Lipinski definition) is 1. The molecule has 0 spiro atoms. The van der Waals surface area contributed by atoms with E-state index in [1.165, 1.54) is 19.3 Å². The van der Waals surface area contributed by atoms with Gasteiger partial charge in [0.2, 0.25) is 0 Å². The third-order valence-electron chi connectivity index (χ3n) is 3.07. The van der Waals surface area contributed by atoms with Crippen LogP contribution in [0.25, 0.3) is 0 Å². The maximum Gasteiger partial charge on any atom is 0.00415 e. The van der Waals surface area contributed by atoms with E-state index in [9.17, 15) is 0 Å². The smallest absolute Gasteiger partial charge is 0.00415 e. The summed E-state index contributed by atoms with van der Waals surface area (Å²) in [5.41, 5.74) is 5.81. The van der Waals surface area contributed by atoms with Crippen LogP contribution in [0.2, 0.25) is 0 Å². The summed E-state index contributed by atoms with van der Waals surface area (Å²) in [6.07, 6.45) is 4.37. The monoisotopic (exact) mass is 125 g/mol. The molecule has 2 rings (SSSR count).